The minimum atomic E-state index is -0.660. The third-order valence-electron chi connectivity index (χ3n) is 5.36. The summed E-state index contributed by atoms with van der Waals surface area (Å²) < 4.78 is 11.3. The van der Waals surface area contributed by atoms with Gasteiger partial charge in [0.1, 0.15) is 17.4 Å². The maximum absolute atomic E-state index is 13.0. The summed E-state index contributed by atoms with van der Waals surface area (Å²) in [6, 6.07) is 22.7. The van der Waals surface area contributed by atoms with Crippen LogP contribution in [0.3, 0.4) is 0 Å². The molecule has 1 amide bonds. The SMILES string of the molecule is Cc1ccc(-c2csc(NC(=O)COC(=O)C3c4ccccc4Oc4ccccc43)n2)cc1. The lowest BCUT2D eigenvalue weighted by molar-refractivity contribution is -0.148. The molecule has 0 fully saturated rings. The Labute approximate surface area is 194 Å². The lowest BCUT2D eigenvalue weighted by Gasteiger charge is -2.26. The molecule has 6 nitrogen and oxygen atoms in total. The smallest absolute Gasteiger partial charge is 0.318 e. The number of carbonyl (C=O) groups excluding carboxylic acids is 2. The first kappa shape index (κ1) is 20.9. The van der Waals surface area contributed by atoms with Gasteiger partial charge in [-0.2, -0.15) is 0 Å². The molecule has 3 aromatic carbocycles. The predicted molar refractivity (Wildman–Crippen MR) is 127 cm³/mol. The monoisotopic (exact) mass is 456 g/mol. The Kier molecular flexibility index (Phi) is 5.62. The maximum Gasteiger partial charge on any atom is 0.318 e. The highest BCUT2D eigenvalue weighted by Crippen LogP contribution is 2.44. The van der Waals surface area contributed by atoms with Gasteiger partial charge in [-0.1, -0.05) is 66.2 Å². The molecule has 1 N–H and O–H groups in total. The van der Waals surface area contributed by atoms with Crippen molar-refractivity contribution in [3.8, 4) is 22.8 Å². The molecule has 2 heterocycles. The van der Waals surface area contributed by atoms with Gasteiger partial charge < -0.3 is 9.47 Å². The van der Waals surface area contributed by atoms with Crippen molar-refractivity contribution in [2.75, 3.05) is 11.9 Å². The number of ether oxygens (including phenoxy) is 2. The third kappa shape index (κ3) is 4.36. The number of para-hydroxylation sites is 2. The topological polar surface area (TPSA) is 77.5 Å². The molecule has 0 saturated carbocycles. The highest BCUT2D eigenvalue weighted by Gasteiger charge is 2.33. The number of nitrogens with zero attached hydrogens (tertiary/aromatic N) is 1. The first-order chi connectivity index (χ1) is 16.1. The highest BCUT2D eigenvalue weighted by atomic mass is 32.1. The van der Waals surface area contributed by atoms with Gasteiger partial charge in [0.05, 0.1) is 5.69 Å². The molecule has 0 unspecified atom stereocenters. The molecule has 0 atom stereocenters. The number of nitrogens with one attached hydrogen (secondary N) is 1. The number of benzene rings is 3. The van der Waals surface area contributed by atoms with E-state index in [1.54, 1.807) is 0 Å². The van der Waals surface area contributed by atoms with Crippen LogP contribution in [0.1, 0.15) is 22.6 Å². The van der Waals surface area contributed by atoms with Crippen molar-refractivity contribution in [1.82, 2.24) is 4.98 Å². The molecule has 1 aliphatic heterocycles. The molecule has 1 aliphatic rings. The normalized spacial score (nSPS) is 12.3. The van der Waals surface area contributed by atoms with Gasteiger partial charge in [0.15, 0.2) is 11.7 Å². The number of amides is 1. The van der Waals surface area contributed by atoms with Gasteiger partial charge in [-0.05, 0) is 19.1 Å². The number of carbonyl (C=O) groups is 2. The third-order valence-corrected chi connectivity index (χ3v) is 6.12. The quantitative estimate of drug-likeness (QED) is 0.399. The van der Waals surface area contributed by atoms with Gasteiger partial charge in [-0.25, -0.2) is 4.98 Å². The van der Waals surface area contributed by atoms with Gasteiger partial charge in [0, 0.05) is 22.1 Å². The number of fused-ring (bicyclic) bond motifs is 2. The van der Waals surface area contributed by atoms with Gasteiger partial charge >= 0.3 is 5.97 Å². The summed E-state index contributed by atoms with van der Waals surface area (Å²) in [4.78, 5) is 29.9. The number of anilines is 1. The van der Waals surface area contributed by atoms with E-state index in [1.807, 2.05) is 85.1 Å². The number of esters is 1. The van der Waals surface area contributed by atoms with Gasteiger partial charge in [-0.3, -0.25) is 14.9 Å². The molecule has 0 spiro atoms. The van der Waals surface area contributed by atoms with E-state index in [2.05, 4.69) is 10.3 Å². The molecule has 4 aromatic rings. The predicted octanol–water partition coefficient (Wildman–Crippen LogP) is 5.54. The number of aromatic nitrogens is 1. The van der Waals surface area contributed by atoms with Gasteiger partial charge in [0.2, 0.25) is 0 Å². The Hall–Kier alpha value is -3.97. The Balaban J connectivity index is 1.26. The lowest BCUT2D eigenvalue weighted by Crippen LogP contribution is -2.26. The minimum absolute atomic E-state index is 0.403. The van der Waals surface area contributed by atoms with E-state index in [-0.39, 0.29) is 0 Å². The van der Waals surface area contributed by atoms with Crippen LogP contribution in [-0.4, -0.2) is 23.5 Å². The number of thiazole rings is 1. The van der Waals surface area contributed by atoms with Crippen LogP contribution in [0.5, 0.6) is 11.5 Å². The molecule has 164 valence electrons. The number of hydrogen-bond donors (Lipinski definition) is 1. The van der Waals surface area contributed by atoms with E-state index in [0.29, 0.717) is 27.8 Å². The first-order valence-electron chi connectivity index (χ1n) is 10.4. The van der Waals surface area contributed by atoms with E-state index < -0.39 is 24.4 Å². The zero-order valence-corrected chi connectivity index (χ0v) is 18.6. The lowest BCUT2D eigenvalue weighted by atomic mass is 9.88. The van der Waals surface area contributed by atoms with E-state index in [0.717, 1.165) is 11.3 Å². The Morgan fingerprint density at radius 1 is 0.970 bits per heavy atom. The Morgan fingerprint density at radius 3 is 2.27 bits per heavy atom. The Morgan fingerprint density at radius 2 is 1.61 bits per heavy atom. The first-order valence-corrected chi connectivity index (χ1v) is 11.3. The van der Waals surface area contributed by atoms with Crippen LogP contribution in [0.2, 0.25) is 0 Å². The number of hydrogen-bond acceptors (Lipinski definition) is 6. The van der Waals surface area contributed by atoms with Crippen LogP contribution in [0.25, 0.3) is 11.3 Å². The second-order valence-electron chi connectivity index (χ2n) is 7.67. The van der Waals surface area contributed by atoms with Crippen LogP contribution >= 0.6 is 11.3 Å². The molecule has 0 bridgehead atoms. The van der Waals surface area contributed by atoms with Gasteiger partial charge in [0.25, 0.3) is 5.91 Å². The summed E-state index contributed by atoms with van der Waals surface area (Å²) in [5.74, 6) is -0.399. The fraction of sp³-hybridized carbons (Fsp3) is 0.115. The molecule has 0 radical (unpaired) electrons. The highest BCUT2D eigenvalue weighted by molar-refractivity contribution is 7.14. The second kappa shape index (κ2) is 8.88. The molecule has 0 saturated heterocycles. The summed E-state index contributed by atoms with van der Waals surface area (Å²) in [5, 5.41) is 5.04. The summed E-state index contributed by atoms with van der Waals surface area (Å²) in [7, 11) is 0. The van der Waals surface area contributed by atoms with E-state index >= 15 is 0 Å². The summed E-state index contributed by atoms with van der Waals surface area (Å²) in [5.41, 5.74) is 4.34. The van der Waals surface area contributed by atoms with Crippen molar-refractivity contribution in [3.63, 3.8) is 0 Å². The van der Waals surface area contributed by atoms with Crippen molar-refractivity contribution in [2.45, 2.75) is 12.8 Å². The second-order valence-corrected chi connectivity index (χ2v) is 8.53. The fourth-order valence-electron chi connectivity index (χ4n) is 3.73. The number of rotatable bonds is 5. The van der Waals surface area contributed by atoms with Gasteiger partial charge in [-0.15, -0.1) is 11.3 Å². The average Bonchev–Trinajstić information content (AvgIpc) is 3.29. The standard InChI is InChI=1S/C26H20N2O4S/c1-16-10-12-17(13-11-16)20-15-33-26(27-20)28-23(29)14-31-25(30)24-18-6-2-4-8-21(18)32-22-9-5-3-7-19(22)24/h2-13,15,24H,14H2,1H3,(H,27,28,29). The molecule has 5 rings (SSSR count). The van der Waals surface area contributed by atoms with Crippen LogP contribution in [-0.2, 0) is 14.3 Å². The summed E-state index contributed by atoms with van der Waals surface area (Å²) in [6.07, 6.45) is 0. The maximum atomic E-state index is 13.0. The van der Waals surface area contributed by atoms with Crippen LogP contribution < -0.4 is 10.1 Å². The summed E-state index contributed by atoms with van der Waals surface area (Å²) in [6.45, 7) is 1.62. The molecular formula is C26H20N2O4S. The fourth-order valence-corrected chi connectivity index (χ4v) is 4.46. The van der Waals surface area contributed by atoms with E-state index in [4.69, 9.17) is 9.47 Å². The van der Waals surface area contributed by atoms with Crippen LogP contribution in [0.4, 0.5) is 5.13 Å². The molecule has 0 aliphatic carbocycles. The molecular weight excluding hydrogens is 436 g/mol. The van der Waals surface area contributed by atoms with E-state index in [9.17, 15) is 9.59 Å². The molecule has 33 heavy (non-hydrogen) atoms. The number of aryl methyl sites for hydroxylation is 1. The zero-order valence-electron chi connectivity index (χ0n) is 17.8. The Bertz CT molecular complexity index is 1280. The van der Waals surface area contributed by atoms with Crippen molar-refractivity contribution in [2.24, 2.45) is 0 Å². The van der Waals surface area contributed by atoms with Crippen molar-refractivity contribution < 1.29 is 19.1 Å². The zero-order chi connectivity index (χ0) is 22.8. The molecule has 1 aromatic heterocycles. The van der Waals surface area contributed by atoms with Crippen molar-refractivity contribution in [1.29, 1.82) is 0 Å². The van der Waals surface area contributed by atoms with Crippen molar-refractivity contribution >= 4 is 28.3 Å². The van der Waals surface area contributed by atoms with Crippen molar-refractivity contribution in [3.05, 3.63) is 94.9 Å². The van der Waals surface area contributed by atoms with E-state index in [1.165, 1.54) is 16.9 Å². The minimum Gasteiger partial charge on any atom is -0.457 e. The average molecular weight is 457 g/mol. The largest absolute Gasteiger partial charge is 0.457 e. The van der Waals surface area contributed by atoms with Crippen LogP contribution in [0.15, 0.2) is 78.2 Å². The van der Waals surface area contributed by atoms with Crippen LogP contribution in [0, 0.1) is 6.92 Å². The molecule has 7 heteroatoms. The summed E-state index contributed by atoms with van der Waals surface area (Å²) >= 11 is 1.32.